The van der Waals surface area contributed by atoms with Gasteiger partial charge >= 0.3 is 12.1 Å². The molecule has 0 bridgehead atoms. The molecule has 146 valence electrons. The lowest BCUT2D eigenvalue weighted by molar-refractivity contribution is -0.188. The Hall–Kier alpha value is -1.35. The lowest BCUT2D eigenvalue weighted by Crippen LogP contribution is -2.39. The highest BCUT2D eigenvalue weighted by atomic mass is 32.2. The monoisotopic (exact) mass is 379 g/mol. The summed E-state index contributed by atoms with van der Waals surface area (Å²) >= 11 is 0. The van der Waals surface area contributed by atoms with Crippen LogP contribution in [0.3, 0.4) is 0 Å². The maximum Gasteiger partial charge on any atom is 0.410 e. The van der Waals surface area contributed by atoms with Crippen LogP contribution >= 0.6 is 0 Å². The summed E-state index contributed by atoms with van der Waals surface area (Å²) in [6, 6.07) is 0. The highest BCUT2D eigenvalue weighted by Gasteiger charge is 2.34. The van der Waals surface area contributed by atoms with Crippen molar-refractivity contribution in [2.75, 3.05) is 12.3 Å². The number of carbonyl (C=O) groups excluding carboxylic acids is 2. The minimum atomic E-state index is -4.06. The summed E-state index contributed by atoms with van der Waals surface area (Å²) in [6.45, 7) is 5.21. The summed E-state index contributed by atoms with van der Waals surface area (Å²) in [6.07, 6.45) is 3.07. The van der Waals surface area contributed by atoms with Gasteiger partial charge in [0.25, 0.3) is 16.4 Å². The highest BCUT2D eigenvalue weighted by Crippen LogP contribution is 2.30. The van der Waals surface area contributed by atoms with E-state index in [1.165, 1.54) is 0 Å². The van der Waals surface area contributed by atoms with Crippen molar-refractivity contribution >= 4 is 22.2 Å². The van der Waals surface area contributed by atoms with E-state index in [4.69, 9.17) is 14.0 Å². The van der Waals surface area contributed by atoms with Crippen molar-refractivity contribution in [2.24, 2.45) is 11.3 Å². The zero-order chi connectivity index (χ0) is 19.1. The Bertz CT molecular complexity index is 547. The molecule has 1 aliphatic rings. The number of alkyl carbamates (subject to hydrolysis) is 1. The molecular weight excluding hydrogens is 350 g/mol. The zero-order valence-electron chi connectivity index (χ0n) is 15.1. The molecule has 1 amide bonds. The van der Waals surface area contributed by atoms with E-state index in [9.17, 15) is 18.0 Å². The van der Waals surface area contributed by atoms with Gasteiger partial charge in [0.2, 0.25) is 0 Å². The molecule has 0 radical (unpaired) electrons. The number of esters is 1. The lowest BCUT2D eigenvalue weighted by Gasteiger charge is -2.31. The summed E-state index contributed by atoms with van der Waals surface area (Å²) in [4.78, 5) is 24.1. The van der Waals surface area contributed by atoms with Crippen LogP contribution in [0.15, 0.2) is 0 Å². The number of hydrogen-bond donors (Lipinski definition) is 2. The molecule has 25 heavy (non-hydrogen) atoms. The van der Waals surface area contributed by atoms with E-state index in [2.05, 4.69) is 5.32 Å². The van der Waals surface area contributed by atoms with Gasteiger partial charge in [-0.2, -0.15) is 8.42 Å². The predicted molar refractivity (Wildman–Crippen MR) is 91.4 cm³/mol. The van der Waals surface area contributed by atoms with Crippen LogP contribution in [0.5, 0.6) is 0 Å². The summed E-state index contributed by atoms with van der Waals surface area (Å²) in [7, 11) is -4.06. The first-order chi connectivity index (χ1) is 11.5. The van der Waals surface area contributed by atoms with Gasteiger partial charge < -0.3 is 14.8 Å². The number of ether oxygens (including phenoxy) is 2. The van der Waals surface area contributed by atoms with Gasteiger partial charge in [-0.1, -0.05) is 19.3 Å². The van der Waals surface area contributed by atoms with Crippen LogP contribution in [-0.4, -0.2) is 43.6 Å². The molecule has 1 aliphatic carbocycles. The van der Waals surface area contributed by atoms with Gasteiger partial charge in [-0.15, -0.1) is 0 Å². The molecule has 1 saturated carbocycles. The van der Waals surface area contributed by atoms with Gasteiger partial charge in [-0.3, -0.25) is 9.35 Å². The third kappa shape index (κ3) is 9.06. The van der Waals surface area contributed by atoms with E-state index >= 15 is 0 Å². The zero-order valence-corrected chi connectivity index (χ0v) is 15.9. The molecule has 0 saturated heterocycles. The molecular formula is C16H29NO7S. The Morgan fingerprint density at radius 3 is 2.28 bits per heavy atom. The molecule has 1 rings (SSSR count). The smallest absolute Gasteiger partial charge is 0.410 e. The summed E-state index contributed by atoms with van der Waals surface area (Å²) in [5.74, 6) is -0.927. The van der Waals surface area contributed by atoms with Crippen LogP contribution in [0.25, 0.3) is 0 Å². The first-order valence-corrected chi connectivity index (χ1v) is 10.2. The Labute approximate surface area is 149 Å². The van der Waals surface area contributed by atoms with Gasteiger partial charge in [-0.25, -0.2) is 4.79 Å². The fourth-order valence-corrected chi connectivity index (χ4v) is 3.01. The molecule has 1 fully saturated rings. The number of carbonyl (C=O) groups is 2. The molecule has 0 aromatic carbocycles. The van der Waals surface area contributed by atoms with E-state index in [1.54, 1.807) is 20.8 Å². The van der Waals surface area contributed by atoms with Crippen molar-refractivity contribution in [3.63, 3.8) is 0 Å². The predicted octanol–water partition coefficient (Wildman–Crippen LogP) is 2.49. The lowest BCUT2D eigenvalue weighted by atomic mass is 9.88. The Morgan fingerprint density at radius 2 is 1.76 bits per heavy atom. The quantitative estimate of drug-likeness (QED) is 0.302. The van der Waals surface area contributed by atoms with Gasteiger partial charge in [0.05, 0.1) is 11.2 Å². The average molecular weight is 379 g/mol. The molecule has 1 unspecified atom stereocenters. The van der Waals surface area contributed by atoms with E-state index in [0.717, 1.165) is 32.1 Å². The van der Waals surface area contributed by atoms with Crippen molar-refractivity contribution < 1.29 is 32.0 Å². The molecule has 0 heterocycles. The third-order valence-electron chi connectivity index (χ3n) is 3.94. The molecule has 0 aromatic heterocycles. The Balaban J connectivity index is 2.56. The second-order valence-electron chi connectivity index (χ2n) is 7.39. The Kier molecular flexibility index (Phi) is 8.14. The van der Waals surface area contributed by atoms with Gasteiger partial charge in [-0.05, 0) is 40.0 Å². The minimum Gasteiger partial charge on any atom is -0.424 e. The Morgan fingerprint density at radius 1 is 1.16 bits per heavy atom. The van der Waals surface area contributed by atoms with Crippen molar-refractivity contribution in [3.8, 4) is 0 Å². The molecule has 9 heteroatoms. The van der Waals surface area contributed by atoms with Crippen molar-refractivity contribution in [1.82, 2.24) is 5.32 Å². The van der Waals surface area contributed by atoms with E-state index in [1.807, 2.05) is 0 Å². The normalized spacial score (nSPS) is 17.6. The van der Waals surface area contributed by atoms with Crippen molar-refractivity contribution in [3.05, 3.63) is 0 Å². The molecule has 8 nitrogen and oxygen atoms in total. The van der Waals surface area contributed by atoms with Crippen LogP contribution in [0, 0.1) is 11.3 Å². The van der Waals surface area contributed by atoms with Crippen LogP contribution in [0.2, 0.25) is 0 Å². The summed E-state index contributed by atoms with van der Waals surface area (Å²) < 4.78 is 40.6. The highest BCUT2D eigenvalue weighted by molar-refractivity contribution is 7.85. The maximum atomic E-state index is 12.1. The number of hydrogen-bond acceptors (Lipinski definition) is 6. The largest absolute Gasteiger partial charge is 0.424 e. The fraction of sp³-hybridized carbons (Fsp3) is 0.875. The second kappa shape index (κ2) is 9.38. The van der Waals surface area contributed by atoms with E-state index in [-0.39, 0.29) is 18.9 Å². The summed E-state index contributed by atoms with van der Waals surface area (Å²) in [5.41, 5.74) is -0.706. The van der Waals surface area contributed by atoms with Crippen LogP contribution in [-0.2, 0) is 24.4 Å². The van der Waals surface area contributed by atoms with E-state index < -0.39 is 39.6 Å². The molecule has 1 atom stereocenters. The molecule has 0 aromatic rings. The number of rotatable bonds is 7. The van der Waals surface area contributed by atoms with Gasteiger partial charge in [0.15, 0.2) is 0 Å². The first-order valence-electron chi connectivity index (χ1n) is 8.60. The van der Waals surface area contributed by atoms with Gasteiger partial charge in [0, 0.05) is 12.5 Å². The van der Waals surface area contributed by atoms with Crippen LogP contribution in [0.1, 0.15) is 59.3 Å². The van der Waals surface area contributed by atoms with Crippen molar-refractivity contribution in [2.45, 2.75) is 65.6 Å². The van der Waals surface area contributed by atoms with E-state index in [0.29, 0.717) is 0 Å². The summed E-state index contributed by atoms with van der Waals surface area (Å²) in [5, 5.41) is 2.41. The first kappa shape index (κ1) is 21.7. The standard InChI is InChI=1S/C16H29NO7S/c1-16(2,3)14(18)23-13(12-8-5-4-6-9-12)24-15(19)17-10-7-11-25(20,21)22/h12-13H,4-11H2,1-3H3,(H,17,19)(H,20,21,22). The number of amides is 1. The van der Waals surface area contributed by atoms with Crippen molar-refractivity contribution in [1.29, 1.82) is 0 Å². The third-order valence-corrected chi connectivity index (χ3v) is 4.75. The molecule has 0 spiro atoms. The minimum absolute atomic E-state index is 0.0310. The second-order valence-corrected chi connectivity index (χ2v) is 8.97. The SMILES string of the molecule is CC(C)(C)C(=O)OC(OC(=O)NCCCS(=O)(=O)O)C1CCCCC1. The number of nitrogens with one attached hydrogen (secondary N) is 1. The molecule has 0 aliphatic heterocycles. The topological polar surface area (TPSA) is 119 Å². The molecule has 2 N–H and O–H groups in total. The fourth-order valence-electron chi connectivity index (χ4n) is 2.50. The average Bonchev–Trinajstić information content (AvgIpc) is 2.50. The van der Waals surface area contributed by atoms with Crippen LogP contribution in [0.4, 0.5) is 4.79 Å². The maximum absolute atomic E-state index is 12.1. The van der Waals surface area contributed by atoms with Crippen LogP contribution < -0.4 is 5.32 Å². The van der Waals surface area contributed by atoms with Gasteiger partial charge in [0.1, 0.15) is 0 Å².